The zero-order chi connectivity index (χ0) is 27.5. The molecule has 0 spiro atoms. The molecule has 7 nitrogen and oxygen atoms in total. The van der Waals surface area contributed by atoms with E-state index in [2.05, 4.69) is 5.16 Å². The molecule has 2 heterocycles. The van der Waals surface area contributed by atoms with Crippen LogP contribution >= 0.6 is 23.2 Å². The molecule has 0 radical (unpaired) electrons. The minimum absolute atomic E-state index is 0.112. The number of carbonyl (C=O) groups excluding carboxylic acids is 1. The molecule has 6 rings (SSSR count). The molecule has 1 fully saturated rings. The van der Waals surface area contributed by atoms with E-state index in [1.165, 1.54) is 12.1 Å². The Balaban J connectivity index is 1.34. The van der Waals surface area contributed by atoms with Gasteiger partial charge in [0.2, 0.25) is 5.91 Å². The van der Waals surface area contributed by atoms with Gasteiger partial charge >= 0.3 is 5.97 Å². The van der Waals surface area contributed by atoms with Crippen LogP contribution in [0, 0.1) is 0 Å². The fraction of sp³-hybridized carbons (Fsp3) is 0.233. The van der Waals surface area contributed by atoms with Gasteiger partial charge in [-0.3, -0.25) is 9.69 Å². The molecular formula is C30H24Cl2N2O5. The number of carbonyl (C=O) groups is 2. The van der Waals surface area contributed by atoms with Crippen molar-refractivity contribution in [2.24, 2.45) is 0 Å². The number of aromatic nitrogens is 1. The van der Waals surface area contributed by atoms with E-state index in [1.54, 1.807) is 41.3 Å². The van der Waals surface area contributed by atoms with E-state index in [9.17, 15) is 14.7 Å². The molecule has 1 amide bonds. The Hall–Kier alpha value is -3.81. The van der Waals surface area contributed by atoms with E-state index >= 15 is 0 Å². The standard InChI is InChI=1S/C30H24Cl2N2O5/c1-30(2)21-14-19(11-12-24(21)34(29(30)37)18-6-3-5-17(13-18)28(35)36)38-15-20-26(33-39-27(20)16-9-10-16)25-22(31)7-4-8-23(25)32/h3-8,11-14,16H,9-10,15H2,1-2H3,(H,35,36). The van der Waals surface area contributed by atoms with E-state index in [0.717, 1.165) is 29.7 Å². The predicted octanol–water partition coefficient (Wildman–Crippen LogP) is 7.76. The number of halogens is 2. The summed E-state index contributed by atoms with van der Waals surface area (Å²) in [4.78, 5) is 26.6. The van der Waals surface area contributed by atoms with Crippen molar-refractivity contribution in [3.05, 3.63) is 93.2 Å². The van der Waals surface area contributed by atoms with Gasteiger partial charge in [-0.05, 0) is 80.8 Å². The highest BCUT2D eigenvalue weighted by molar-refractivity contribution is 6.39. The van der Waals surface area contributed by atoms with Crippen LogP contribution in [0.5, 0.6) is 5.75 Å². The first-order chi connectivity index (χ1) is 18.7. The maximum absolute atomic E-state index is 13.5. The van der Waals surface area contributed by atoms with Gasteiger partial charge in [0.05, 0.1) is 32.3 Å². The number of nitrogens with zero attached hydrogens (tertiary/aromatic N) is 2. The van der Waals surface area contributed by atoms with Gasteiger partial charge in [-0.2, -0.15) is 0 Å². The first kappa shape index (κ1) is 25.5. The Morgan fingerprint density at radius 3 is 2.51 bits per heavy atom. The van der Waals surface area contributed by atoms with Gasteiger partial charge in [0, 0.05) is 17.2 Å². The number of ether oxygens (including phenoxy) is 1. The molecule has 0 saturated heterocycles. The number of hydrogen-bond donors (Lipinski definition) is 1. The van der Waals surface area contributed by atoms with Crippen molar-refractivity contribution < 1.29 is 24.0 Å². The number of anilines is 2. The quantitative estimate of drug-likeness (QED) is 0.247. The summed E-state index contributed by atoms with van der Waals surface area (Å²) >= 11 is 13.0. The summed E-state index contributed by atoms with van der Waals surface area (Å²) < 4.78 is 12.0. The molecule has 0 unspecified atom stereocenters. The number of fused-ring (bicyclic) bond motifs is 1. The van der Waals surface area contributed by atoms with E-state index < -0.39 is 11.4 Å². The molecule has 1 aliphatic carbocycles. The minimum Gasteiger partial charge on any atom is -0.489 e. The number of hydrogen-bond acceptors (Lipinski definition) is 5. The van der Waals surface area contributed by atoms with E-state index in [4.69, 9.17) is 32.5 Å². The Morgan fingerprint density at radius 2 is 1.82 bits per heavy atom. The fourth-order valence-corrected chi connectivity index (χ4v) is 5.62. The number of aromatic carboxylic acids is 1. The largest absolute Gasteiger partial charge is 0.489 e. The van der Waals surface area contributed by atoms with Crippen molar-refractivity contribution >= 4 is 46.5 Å². The topological polar surface area (TPSA) is 92.9 Å². The van der Waals surface area contributed by atoms with Crippen molar-refractivity contribution in [3.63, 3.8) is 0 Å². The van der Waals surface area contributed by atoms with Crippen molar-refractivity contribution in [1.29, 1.82) is 0 Å². The van der Waals surface area contributed by atoms with Gasteiger partial charge in [-0.1, -0.05) is 40.5 Å². The van der Waals surface area contributed by atoms with Crippen LogP contribution in [0.3, 0.4) is 0 Å². The molecule has 198 valence electrons. The lowest BCUT2D eigenvalue weighted by molar-refractivity contribution is -0.121. The van der Waals surface area contributed by atoms with Crippen LogP contribution in [0.4, 0.5) is 11.4 Å². The van der Waals surface area contributed by atoms with Crippen LogP contribution in [0.25, 0.3) is 11.3 Å². The van der Waals surface area contributed by atoms with Gasteiger partial charge in [-0.25, -0.2) is 4.79 Å². The minimum atomic E-state index is -1.05. The van der Waals surface area contributed by atoms with Gasteiger partial charge in [0.1, 0.15) is 23.8 Å². The van der Waals surface area contributed by atoms with Gasteiger partial charge in [0.15, 0.2) is 0 Å². The average Bonchev–Trinajstić information content (AvgIpc) is 3.64. The van der Waals surface area contributed by atoms with Crippen molar-refractivity contribution in [3.8, 4) is 17.0 Å². The third-order valence-electron chi connectivity index (χ3n) is 7.32. The molecule has 9 heteroatoms. The van der Waals surface area contributed by atoms with E-state index in [-0.39, 0.29) is 24.0 Å². The smallest absolute Gasteiger partial charge is 0.335 e. The zero-order valence-electron chi connectivity index (χ0n) is 21.2. The van der Waals surface area contributed by atoms with Crippen LogP contribution in [0.1, 0.15) is 59.9 Å². The molecule has 4 aromatic rings. The summed E-state index contributed by atoms with van der Waals surface area (Å²) in [6.07, 6.45) is 2.04. The Bertz CT molecular complexity index is 1620. The molecule has 2 aliphatic rings. The van der Waals surface area contributed by atoms with Gasteiger partial charge in [0.25, 0.3) is 0 Å². The van der Waals surface area contributed by atoms with Crippen molar-refractivity contribution in [2.75, 3.05) is 4.90 Å². The van der Waals surface area contributed by atoms with Crippen LogP contribution in [-0.2, 0) is 16.8 Å². The highest BCUT2D eigenvalue weighted by Gasteiger charge is 2.45. The summed E-state index contributed by atoms with van der Waals surface area (Å²) in [5.74, 6) is 0.446. The van der Waals surface area contributed by atoms with Crippen molar-refractivity contribution in [1.82, 2.24) is 5.16 Å². The second-order valence-corrected chi connectivity index (χ2v) is 11.1. The Labute approximate surface area is 234 Å². The number of carboxylic acids is 1. The SMILES string of the molecule is CC1(C)C(=O)N(c2cccc(C(=O)O)c2)c2ccc(OCc3c(-c4c(Cl)cccc4Cl)noc3C3CC3)cc21. The average molecular weight is 563 g/mol. The van der Waals surface area contributed by atoms with Crippen LogP contribution in [-0.4, -0.2) is 22.1 Å². The molecule has 1 saturated carbocycles. The maximum atomic E-state index is 13.5. The summed E-state index contributed by atoms with van der Waals surface area (Å²) in [7, 11) is 0. The molecule has 39 heavy (non-hydrogen) atoms. The first-order valence-corrected chi connectivity index (χ1v) is 13.3. The van der Waals surface area contributed by atoms with E-state index in [1.807, 2.05) is 26.0 Å². The second kappa shape index (κ2) is 9.43. The lowest BCUT2D eigenvalue weighted by Gasteiger charge is -2.20. The van der Waals surface area contributed by atoms with Gasteiger partial charge in [-0.15, -0.1) is 0 Å². The van der Waals surface area contributed by atoms with Crippen LogP contribution < -0.4 is 9.64 Å². The molecule has 1 aliphatic heterocycles. The first-order valence-electron chi connectivity index (χ1n) is 12.5. The zero-order valence-corrected chi connectivity index (χ0v) is 22.7. The molecule has 1 aromatic heterocycles. The summed E-state index contributed by atoms with van der Waals surface area (Å²) in [6, 6.07) is 17.2. The second-order valence-electron chi connectivity index (χ2n) is 10.3. The highest BCUT2D eigenvalue weighted by Crippen LogP contribution is 2.48. The number of benzene rings is 3. The Kier molecular flexibility index (Phi) is 6.16. The fourth-order valence-electron chi connectivity index (χ4n) is 5.04. The summed E-state index contributed by atoms with van der Waals surface area (Å²) in [5.41, 5.74) is 3.21. The molecule has 0 atom stereocenters. The molecule has 1 N–H and O–H groups in total. The Morgan fingerprint density at radius 1 is 1.10 bits per heavy atom. The number of rotatable bonds is 7. The maximum Gasteiger partial charge on any atom is 0.335 e. The number of amides is 1. The third-order valence-corrected chi connectivity index (χ3v) is 7.95. The molecule has 0 bridgehead atoms. The normalized spacial score (nSPS) is 15.9. The monoisotopic (exact) mass is 562 g/mol. The summed E-state index contributed by atoms with van der Waals surface area (Å²) in [6.45, 7) is 3.88. The lowest BCUT2D eigenvalue weighted by atomic mass is 9.86. The van der Waals surface area contributed by atoms with Gasteiger partial charge < -0.3 is 14.4 Å². The summed E-state index contributed by atoms with van der Waals surface area (Å²) in [5, 5.41) is 14.7. The molecular weight excluding hydrogens is 539 g/mol. The predicted molar refractivity (Wildman–Crippen MR) is 148 cm³/mol. The van der Waals surface area contributed by atoms with Crippen molar-refractivity contribution in [2.45, 2.75) is 44.6 Å². The highest BCUT2D eigenvalue weighted by atomic mass is 35.5. The number of carboxylic acid groups (broad SMARTS) is 1. The lowest BCUT2D eigenvalue weighted by Crippen LogP contribution is -2.33. The third kappa shape index (κ3) is 4.36. The van der Waals surface area contributed by atoms with Crippen LogP contribution in [0.15, 0.2) is 65.2 Å². The molecule has 3 aromatic carbocycles. The van der Waals surface area contributed by atoms with Crippen LogP contribution in [0.2, 0.25) is 10.0 Å². The van der Waals surface area contributed by atoms with E-state index in [0.29, 0.717) is 38.4 Å².